The van der Waals surface area contributed by atoms with Gasteiger partial charge in [-0.15, -0.1) is 0 Å². The van der Waals surface area contributed by atoms with E-state index >= 15 is 0 Å². The number of hydrogen-bond acceptors (Lipinski definition) is 3. The Morgan fingerprint density at radius 3 is 3.00 bits per heavy atom. The van der Waals surface area contributed by atoms with Gasteiger partial charge in [-0.25, -0.2) is 9.18 Å². The summed E-state index contributed by atoms with van der Waals surface area (Å²) in [5, 5.41) is 2.64. The van der Waals surface area contributed by atoms with Crippen molar-refractivity contribution in [3.63, 3.8) is 0 Å². The standard InChI is InChI=1S/C15H19FN2O3/c1-2-21-14(19)11-5-4-8-18(10-11)15(20)17-13-7-3-6-12(16)9-13/h3,6-7,9,11H,2,4-5,8,10H2,1H3,(H,17,20)/t11-/m1/s1. The van der Waals surface area contributed by atoms with Gasteiger partial charge in [-0.05, 0) is 38.0 Å². The van der Waals surface area contributed by atoms with E-state index in [4.69, 9.17) is 4.74 Å². The highest BCUT2D eigenvalue weighted by atomic mass is 19.1. The van der Waals surface area contributed by atoms with Crippen LogP contribution in [-0.2, 0) is 9.53 Å². The lowest BCUT2D eigenvalue weighted by atomic mass is 9.98. The maximum absolute atomic E-state index is 13.1. The Kier molecular flexibility index (Phi) is 5.14. The molecule has 114 valence electrons. The second kappa shape index (κ2) is 7.06. The molecule has 1 atom stereocenters. The largest absolute Gasteiger partial charge is 0.466 e. The molecule has 1 aromatic rings. The number of ether oxygens (including phenoxy) is 1. The normalized spacial score (nSPS) is 18.2. The second-order valence-electron chi connectivity index (χ2n) is 4.98. The molecule has 0 aliphatic carbocycles. The summed E-state index contributed by atoms with van der Waals surface area (Å²) < 4.78 is 18.1. The zero-order chi connectivity index (χ0) is 15.2. The number of carbonyl (C=O) groups excluding carboxylic acids is 2. The van der Waals surface area contributed by atoms with Crippen molar-refractivity contribution in [3.8, 4) is 0 Å². The van der Waals surface area contributed by atoms with Crippen molar-refractivity contribution in [3.05, 3.63) is 30.1 Å². The Morgan fingerprint density at radius 1 is 1.48 bits per heavy atom. The zero-order valence-electron chi connectivity index (χ0n) is 12.0. The van der Waals surface area contributed by atoms with E-state index in [9.17, 15) is 14.0 Å². The molecule has 21 heavy (non-hydrogen) atoms. The van der Waals surface area contributed by atoms with Crippen molar-refractivity contribution in [1.29, 1.82) is 0 Å². The van der Waals surface area contributed by atoms with Gasteiger partial charge in [-0.1, -0.05) is 6.07 Å². The number of nitrogens with one attached hydrogen (secondary N) is 1. The number of rotatable bonds is 3. The Balaban J connectivity index is 1.94. The van der Waals surface area contributed by atoms with Gasteiger partial charge < -0.3 is 15.0 Å². The minimum Gasteiger partial charge on any atom is -0.466 e. The van der Waals surface area contributed by atoms with Crippen LogP contribution in [-0.4, -0.2) is 36.6 Å². The highest BCUT2D eigenvalue weighted by molar-refractivity contribution is 5.89. The highest BCUT2D eigenvalue weighted by Gasteiger charge is 2.29. The Labute approximate surface area is 123 Å². The monoisotopic (exact) mass is 294 g/mol. The fourth-order valence-corrected chi connectivity index (χ4v) is 2.38. The number of urea groups is 1. The summed E-state index contributed by atoms with van der Waals surface area (Å²) in [7, 11) is 0. The third-order valence-electron chi connectivity index (χ3n) is 3.40. The number of anilines is 1. The summed E-state index contributed by atoms with van der Waals surface area (Å²) in [4.78, 5) is 25.4. The van der Waals surface area contributed by atoms with E-state index in [0.29, 0.717) is 25.4 Å². The van der Waals surface area contributed by atoms with Crippen LogP contribution in [0.2, 0.25) is 0 Å². The van der Waals surface area contributed by atoms with E-state index in [2.05, 4.69) is 5.32 Å². The van der Waals surface area contributed by atoms with E-state index in [-0.39, 0.29) is 17.9 Å². The molecule has 1 N–H and O–H groups in total. The van der Waals surface area contributed by atoms with Gasteiger partial charge in [-0.2, -0.15) is 0 Å². The van der Waals surface area contributed by atoms with Crippen LogP contribution in [0.1, 0.15) is 19.8 Å². The number of carbonyl (C=O) groups is 2. The summed E-state index contributed by atoms with van der Waals surface area (Å²) in [6.45, 7) is 3.01. The van der Waals surface area contributed by atoms with Gasteiger partial charge in [0.1, 0.15) is 5.82 Å². The molecule has 0 radical (unpaired) electrons. The van der Waals surface area contributed by atoms with Crippen molar-refractivity contribution in [2.24, 2.45) is 5.92 Å². The van der Waals surface area contributed by atoms with Crippen molar-refractivity contribution in [2.75, 3.05) is 25.0 Å². The van der Waals surface area contributed by atoms with Gasteiger partial charge in [-0.3, -0.25) is 4.79 Å². The lowest BCUT2D eigenvalue weighted by Gasteiger charge is -2.31. The molecule has 1 saturated heterocycles. The van der Waals surface area contributed by atoms with Crippen LogP contribution < -0.4 is 5.32 Å². The first-order valence-electron chi connectivity index (χ1n) is 7.08. The first-order chi connectivity index (χ1) is 10.1. The van der Waals surface area contributed by atoms with Crippen LogP contribution in [0.4, 0.5) is 14.9 Å². The first-order valence-corrected chi connectivity index (χ1v) is 7.08. The van der Waals surface area contributed by atoms with Gasteiger partial charge >= 0.3 is 12.0 Å². The predicted octanol–water partition coefficient (Wildman–Crippen LogP) is 2.63. The van der Waals surface area contributed by atoms with Crippen LogP contribution in [0.25, 0.3) is 0 Å². The molecular formula is C15H19FN2O3. The second-order valence-corrected chi connectivity index (χ2v) is 4.98. The number of hydrogen-bond donors (Lipinski definition) is 1. The third-order valence-corrected chi connectivity index (χ3v) is 3.40. The Morgan fingerprint density at radius 2 is 2.29 bits per heavy atom. The van der Waals surface area contributed by atoms with E-state index in [1.807, 2.05) is 0 Å². The van der Waals surface area contributed by atoms with E-state index in [1.54, 1.807) is 17.9 Å². The fourth-order valence-electron chi connectivity index (χ4n) is 2.38. The Hall–Kier alpha value is -2.11. The van der Waals surface area contributed by atoms with Crippen molar-refractivity contribution in [2.45, 2.75) is 19.8 Å². The molecule has 1 fully saturated rings. The molecule has 0 spiro atoms. The molecule has 0 saturated carbocycles. The molecular weight excluding hydrogens is 275 g/mol. The molecule has 6 heteroatoms. The van der Waals surface area contributed by atoms with E-state index in [1.165, 1.54) is 18.2 Å². The quantitative estimate of drug-likeness (QED) is 0.872. The van der Waals surface area contributed by atoms with Crippen molar-refractivity contribution >= 4 is 17.7 Å². The van der Waals surface area contributed by atoms with E-state index in [0.717, 1.165) is 12.8 Å². The lowest BCUT2D eigenvalue weighted by Crippen LogP contribution is -2.44. The molecule has 1 aliphatic heterocycles. The molecule has 2 rings (SSSR count). The average molecular weight is 294 g/mol. The minimum atomic E-state index is -0.407. The fraction of sp³-hybridized carbons (Fsp3) is 0.467. The number of amides is 2. The van der Waals surface area contributed by atoms with Crippen molar-refractivity contribution < 1.29 is 18.7 Å². The highest BCUT2D eigenvalue weighted by Crippen LogP contribution is 2.19. The van der Waals surface area contributed by atoms with Crippen LogP contribution in [0.15, 0.2) is 24.3 Å². The molecule has 1 aromatic carbocycles. The molecule has 1 aliphatic rings. The van der Waals surface area contributed by atoms with Crippen LogP contribution in [0.3, 0.4) is 0 Å². The van der Waals surface area contributed by atoms with Crippen LogP contribution in [0, 0.1) is 11.7 Å². The number of benzene rings is 1. The van der Waals surface area contributed by atoms with Gasteiger partial charge in [0.25, 0.3) is 0 Å². The van der Waals surface area contributed by atoms with E-state index < -0.39 is 5.82 Å². The maximum atomic E-state index is 13.1. The molecule has 5 nitrogen and oxygen atoms in total. The number of esters is 1. The predicted molar refractivity (Wildman–Crippen MR) is 76.3 cm³/mol. The third kappa shape index (κ3) is 4.18. The number of nitrogens with zero attached hydrogens (tertiary/aromatic N) is 1. The maximum Gasteiger partial charge on any atom is 0.321 e. The lowest BCUT2D eigenvalue weighted by molar-refractivity contribution is -0.149. The van der Waals surface area contributed by atoms with Gasteiger partial charge in [0.05, 0.1) is 12.5 Å². The zero-order valence-corrected chi connectivity index (χ0v) is 12.0. The number of halogens is 1. The molecule has 1 heterocycles. The smallest absolute Gasteiger partial charge is 0.321 e. The summed E-state index contributed by atoms with van der Waals surface area (Å²) in [6, 6.07) is 5.39. The number of likely N-dealkylation sites (tertiary alicyclic amines) is 1. The van der Waals surface area contributed by atoms with Gasteiger partial charge in [0.2, 0.25) is 0 Å². The Bertz CT molecular complexity index is 521. The molecule has 0 unspecified atom stereocenters. The summed E-state index contributed by atoms with van der Waals surface area (Å²) in [6.07, 6.45) is 1.47. The average Bonchev–Trinajstić information content (AvgIpc) is 2.47. The van der Waals surface area contributed by atoms with Crippen molar-refractivity contribution in [1.82, 2.24) is 4.90 Å². The topological polar surface area (TPSA) is 58.6 Å². The molecule has 0 aromatic heterocycles. The number of piperidine rings is 1. The minimum absolute atomic E-state index is 0.263. The summed E-state index contributed by atoms with van der Waals surface area (Å²) >= 11 is 0. The van der Waals surface area contributed by atoms with Gasteiger partial charge in [0, 0.05) is 18.8 Å². The van der Waals surface area contributed by atoms with Crippen LogP contribution >= 0.6 is 0 Å². The summed E-state index contributed by atoms with van der Waals surface area (Å²) in [5.41, 5.74) is 0.401. The molecule has 2 amide bonds. The summed E-state index contributed by atoms with van der Waals surface area (Å²) in [5.74, 6) is -0.950. The SMILES string of the molecule is CCOC(=O)[C@@H]1CCCN(C(=O)Nc2cccc(F)c2)C1. The molecule has 0 bridgehead atoms. The van der Waals surface area contributed by atoms with Crippen LogP contribution in [0.5, 0.6) is 0 Å². The first kappa shape index (κ1) is 15.3. The van der Waals surface area contributed by atoms with Gasteiger partial charge in [0.15, 0.2) is 0 Å².